The zero-order valence-electron chi connectivity index (χ0n) is 14.4. The second kappa shape index (κ2) is 7.82. The molecule has 1 heterocycles. The Kier molecular flexibility index (Phi) is 5.48. The van der Waals surface area contributed by atoms with Gasteiger partial charge in [-0.2, -0.15) is 13.2 Å². The van der Waals surface area contributed by atoms with Gasteiger partial charge in [0.1, 0.15) is 5.82 Å². The van der Waals surface area contributed by atoms with E-state index in [1.165, 1.54) is 36.4 Å². The molecule has 3 nitrogen and oxygen atoms in total. The summed E-state index contributed by atoms with van der Waals surface area (Å²) >= 11 is 0. The molecule has 0 unspecified atom stereocenters. The fourth-order valence-electron chi connectivity index (χ4n) is 3.00. The molecule has 1 amide bonds. The molecule has 2 aromatic carbocycles. The second-order valence-corrected chi connectivity index (χ2v) is 6.30. The van der Waals surface area contributed by atoms with Gasteiger partial charge in [-0.15, -0.1) is 0 Å². The average Bonchev–Trinajstić information content (AvgIpc) is 3.13. The first kappa shape index (κ1) is 18.9. The normalized spacial score (nSPS) is 14.7. The standard InChI is InChI=1S/C20H18F4N2O/c21-16-5-3-4-14(12-16)6-9-19(27)25-17-13-15(20(22,23)24)7-8-18(17)26-10-1-2-11-26/h3-9,12-13H,1-2,10-11H2,(H,25,27)/b9-6+. The minimum Gasteiger partial charge on any atom is -0.370 e. The Morgan fingerprint density at radius 3 is 2.48 bits per heavy atom. The van der Waals surface area contributed by atoms with E-state index in [9.17, 15) is 22.4 Å². The number of nitrogens with one attached hydrogen (secondary N) is 1. The first-order valence-corrected chi connectivity index (χ1v) is 8.54. The van der Waals surface area contributed by atoms with Gasteiger partial charge in [0.25, 0.3) is 0 Å². The number of nitrogens with zero attached hydrogens (tertiary/aromatic N) is 1. The molecule has 0 aliphatic carbocycles. The van der Waals surface area contributed by atoms with E-state index in [4.69, 9.17) is 0 Å². The largest absolute Gasteiger partial charge is 0.416 e. The van der Waals surface area contributed by atoms with Crippen molar-refractivity contribution in [2.24, 2.45) is 0 Å². The van der Waals surface area contributed by atoms with Gasteiger partial charge in [0, 0.05) is 19.2 Å². The number of benzene rings is 2. The van der Waals surface area contributed by atoms with Crippen molar-refractivity contribution in [1.29, 1.82) is 0 Å². The molecule has 0 aromatic heterocycles. The molecule has 1 saturated heterocycles. The quantitative estimate of drug-likeness (QED) is 0.593. The van der Waals surface area contributed by atoms with Gasteiger partial charge in [-0.05, 0) is 54.8 Å². The van der Waals surface area contributed by atoms with Gasteiger partial charge in [0.05, 0.1) is 16.9 Å². The maximum Gasteiger partial charge on any atom is 0.416 e. The van der Waals surface area contributed by atoms with Crippen molar-refractivity contribution in [1.82, 2.24) is 0 Å². The van der Waals surface area contributed by atoms with E-state index < -0.39 is 23.5 Å². The van der Waals surface area contributed by atoms with E-state index in [1.807, 2.05) is 4.90 Å². The molecule has 0 saturated carbocycles. The average molecular weight is 378 g/mol. The molecular weight excluding hydrogens is 360 g/mol. The lowest BCUT2D eigenvalue weighted by Crippen LogP contribution is -2.21. The summed E-state index contributed by atoms with van der Waals surface area (Å²) in [7, 11) is 0. The SMILES string of the molecule is O=C(/C=C/c1cccc(F)c1)Nc1cc(C(F)(F)F)ccc1N1CCCC1. The van der Waals surface area contributed by atoms with E-state index in [0.29, 0.717) is 11.3 Å². The van der Waals surface area contributed by atoms with Gasteiger partial charge < -0.3 is 10.2 Å². The molecule has 2 aromatic rings. The maximum absolute atomic E-state index is 13.2. The van der Waals surface area contributed by atoms with Crippen LogP contribution in [0.15, 0.2) is 48.5 Å². The number of halogens is 4. The lowest BCUT2D eigenvalue weighted by Gasteiger charge is -2.22. The number of amides is 1. The zero-order chi connectivity index (χ0) is 19.4. The van der Waals surface area contributed by atoms with Gasteiger partial charge in [-0.3, -0.25) is 4.79 Å². The number of hydrogen-bond acceptors (Lipinski definition) is 2. The van der Waals surface area contributed by atoms with Crippen LogP contribution in [0.4, 0.5) is 28.9 Å². The summed E-state index contributed by atoms with van der Waals surface area (Å²) < 4.78 is 52.3. The molecule has 1 N–H and O–H groups in total. The van der Waals surface area contributed by atoms with Crippen LogP contribution in [0.25, 0.3) is 6.08 Å². The maximum atomic E-state index is 13.2. The first-order valence-electron chi connectivity index (χ1n) is 8.54. The summed E-state index contributed by atoms with van der Waals surface area (Å²) in [6.45, 7) is 1.46. The third-order valence-electron chi connectivity index (χ3n) is 4.30. The van der Waals surface area contributed by atoms with E-state index in [1.54, 1.807) is 6.07 Å². The summed E-state index contributed by atoms with van der Waals surface area (Å²) in [6, 6.07) is 9.01. The third kappa shape index (κ3) is 4.87. The topological polar surface area (TPSA) is 32.3 Å². The minimum absolute atomic E-state index is 0.112. The Bertz CT molecular complexity index is 855. The summed E-state index contributed by atoms with van der Waals surface area (Å²) in [6.07, 6.45) is -0.0213. The predicted octanol–water partition coefficient (Wildman–Crippen LogP) is 5.10. The fourth-order valence-corrected chi connectivity index (χ4v) is 3.00. The molecule has 3 rings (SSSR count). The second-order valence-electron chi connectivity index (χ2n) is 6.30. The Balaban J connectivity index is 1.83. The van der Waals surface area contributed by atoms with E-state index in [0.717, 1.165) is 38.1 Å². The van der Waals surface area contributed by atoms with Crippen LogP contribution in [-0.4, -0.2) is 19.0 Å². The van der Waals surface area contributed by atoms with Crippen molar-refractivity contribution in [3.05, 3.63) is 65.5 Å². The summed E-state index contributed by atoms with van der Waals surface area (Å²) in [5.74, 6) is -1.02. The molecule has 0 atom stereocenters. The van der Waals surface area contributed by atoms with Crippen molar-refractivity contribution in [3.63, 3.8) is 0 Å². The van der Waals surface area contributed by atoms with E-state index in [-0.39, 0.29) is 5.69 Å². The Labute approximate surface area is 154 Å². The Hall–Kier alpha value is -2.83. The van der Waals surface area contributed by atoms with Crippen molar-refractivity contribution in [2.75, 3.05) is 23.3 Å². The van der Waals surface area contributed by atoms with E-state index in [2.05, 4.69) is 5.32 Å². The molecule has 1 fully saturated rings. The predicted molar refractivity (Wildman–Crippen MR) is 97.0 cm³/mol. The van der Waals surface area contributed by atoms with Crippen LogP contribution in [0.2, 0.25) is 0 Å². The van der Waals surface area contributed by atoms with Gasteiger partial charge in [0.15, 0.2) is 0 Å². The van der Waals surface area contributed by atoms with Gasteiger partial charge in [0.2, 0.25) is 5.91 Å². The number of rotatable bonds is 4. The number of anilines is 2. The summed E-state index contributed by atoms with van der Waals surface area (Å²) in [5.41, 5.74) is 0.331. The van der Waals surface area contributed by atoms with Crippen LogP contribution in [0.5, 0.6) is 0 Å². The van der Waals surface area contributed by atoms with Crippen molar-refractivity contribution >= 4 is 23.4 Å². The van der Waals surface area contributed by atoms with Crippen LogP contribution in [0.3, 0.4) is 0 Å². The number of hydrogen-bond donors (Lipinski definition) is 1. The fraction of sp³-hybridized carbons (Fsp3) is 0.250. The van der Waals surface area contributed by atoms with Crippen molar-refractivity contribution in [2.45, 2.75) is 19.0 Å². The Morgan fingerprint density at radius 2 is 1.81 bits per heavy atom. The minimum atomic E-state index is -4.50. The van der Waals surface area contributed by atoms with Crippen LogP contribution in [0, 0.1) is 5.82 Å². The molecule has 0 spiro atoms. The molecule has 27 heavy (non-hydrogen) atoms. The smallest absolute Gasteiger partial charge is 0.370 e. The zero-order valence-corrected chi connectivity index (χ0v) is 14.4. The molecule has 0 radical (unpaired) electrons. The lowest BCUT2D eigenvalue weighted by molar-refractivity contribution is -0.137. The summed E-state index contributed by atoms with van der Waals surface area (Å²) in [5, 5.41) is 2.52. The highest BCUT2D eigenvalue weighted by molar-refractivity contribution is 6.04. The Morgan fingerprint density at radius 1 is 1.07 bits per heavy atom. The molecule has 1 aliphatic heterocycles. The lowest BCUT2D eigenvalue weighted by atomic mass is 10.1. The summed E-state index contributed by atoms with van der Waals surface area (Å²) in [4.78, 5) is 14.2. The molecule has 1 aliphatic rings. The molecular formula is C20H18F4N2O. The van der Waals surface area contributed by atoms with E-state index >= 15 is 0 Å². The van der Waals surface area contributed by atoms with Crippen LogP contribution < -0.4 is 10.2 Å². The van der Waals surface area contributed by atoms with Gasteiger partial charge in [-0.1, -0.05) is 12.1 Å². The monoisotopic (exact) mass is 378 g/mol. The molecule has 7 heteroatoms. The molecule has 0 bridgehead atoms. The van der Waals surface area contributed by atoms with Crippen LogP contribution in [-0.2, 0) is 11.0 Å². The number of carbonyl (C=O) groups excluding carboxylic acids is 1. The number of carbonyl (C=O) groups is 1. The highest BCUT2D eigenvalue weighted by Gasteiger charge is 2.31. The highest BCUT2D eigenvalue weighted by atomic mass is 19.4. The van der Waals surface area contributed by atoms with Crippen LogP contribution >= 0.6 is 0 Å². The highest BCUT2D eigenvalue weighted by Crippen LogP contribution is 2.36. The number of alkyl halides is 3. The third-order valence-corrected chi connectivity index (χ3v) is 4.30. The van der Waals surface area contributed by atoms with Crippen LogP contribution in [0.1, 0.15) is 24.0 Å². The van der Waals surface area contributed by atoms with Gasteiger partial charge in [-0.25, -0.2) is 4.39 Å². The molecule has 142 valence electrons. The van der Waals surface area contributed by atoms with Gasteiger partial charge >= 0.3 is 6.18 Å². The first-order chi connectivity index (χ1) is 12.8. The van der Waals surface area contributed by atoms with Crippen molar-refractivity contribution in [3.8, 4) is 0 Å². The van der Waals surface area contributed by atoms with Crippen molar-refractivity contribution < 1.29 is 22.4 Å².